The molecule has 2 fully saturated rings. The Morgan fingerprint density at radius 2 is 1.87 bits per heavy atom. The maximum absolute atomic E-state index is 12.4. The van der Waals surface area contributed by atoms with Crippen LogP contribution in [0.5, 0.6) is 0 Å². The van der Waals surface area contributed by atoms with Gasteiger partial charge >= 0.3 is 12.1 Å². The molecule has 1 amide bonds. The molecule has 7 heteroatoms. The Hall–Kier alpha value is -0.820. The molecule has 6 atom stereocenters. The van der Waals surface area contributed by atoms with Crippen molar-refractivity contribution in [2.24, 2.45) is 11.8 Å². The fraction of sp³-hybridized carbons (Fsp3) is 0.938. The van der Waals surface area contributed by atoms with E-state index in [1.165, 1.54) is 0 Å². The number of hydrogen-bond acceptors (Lipinski definition) is 3. The number of halogens is 3. The van der Waals surface area contributed by atoms with Crippen LogP contribution in [-0.2, 0) is 9.53 Å². The molecule has 1 aliphatic carbocycles. The lowest BCUT2D eigenvalue weighted by Crippen LogP contribution is -2.50. The SMILES string of the molecule is CC1CC(NC(=O)C(F)(F)F)C(COC2CC[C@@H](C)C(C)C2)N1. The fourth-order valence-electron chi connectivity index (χ4n) is 3.56. The van der Waals surface area contributed by atoms with Crippen LogP contribution in [0, 0.1) is 11.8 Å². The Bertz CT molecular complexity index is 417. The van der Waals surface area contributed by atoms with Crippen molar-refractivity contribution in [2.45, 2.75) is 76.9 Å². The van der Waals surface area contributed by atoms with Crippen molar-refractivity contribution in [1.82, 2.24) is 10.6 Å². The van der Waals surface area contributed by atoms with Crippen LogP contribution in [0.3, 0.4) is 0 Å². The molecule has 0 aromatic rings. The number of alkyl halides is 3. The minimum Gasteiger partial charge on any atom is -0.377 e. The molecule has 0 aromatic heterocycles. The third kappa shape index (κ3) is 5.08. The number of ether oxygens (including phenoxy) is 1. The summed E-state index contributed by atoms with van der Waals surface area (Å²) in [6.07, 6.45) is -1.09. The summed E-state index contributed by atoms with van der Waals surface area (Å²) in [4.78, 5) is 11.2. The summed E-state index contributed by atoms with van der Waals surface area (Å²) in [5.74, 6) is -0.577. The van der Waals surface area contributed by atoms with E-state index < -0.39 is 18.1 Å². The molecule has 134 valence electrons. The monoisotopic (exact) mass is 336 g/mol. The molecule has 23 heavy (non-hydrogen) atoms. The number of hydrogen-bond donors (Lipinski definition) is 2. The molecule has 2 N–H and O–H groups in total. The summed E-state index contributed by atoms with van der Waals surface area (Å²) in [6.45, 7) is 6.68. The van der Waals surface area contributed by atoms with Gasteiger partial charge in [-0.3, -0.25) is 4.79 Å². The first-order valence-electron chi connectivity index (χ1n) is 8.42. The lowest BCUT2D eigenvalue weighted by Gasteiger charge is -2.33. The Balaban J connectivity index is 1.84. The average molecular weight is 336 g/mol. The van der Waals surface area contributed by atoms with Gasteiger partial charge in [0.05, 0.1) is 18.8 Å². The van der Waals surface area contributed by atoms with Gasteiger partial charge < -0.3 is 15.4 Å². The van der Waals surface area contributed by atoms with E-state index in [0.717, 1.165) is 19.3 Å². The van der Waals surface area contributed by atoms with Crippen LogP contribution >= 0.6 is 0 Å². The van der Waals surface area contributed by atoms with Gasteiger partial charge in [-0.15, -0.1) is 0 Å². The Morgan fingerprint density at radius 3 is 2.48 bits per heavy atom. The van der Waals surface area contributed by atoms with Gasteiger partial charge in [0.25, 0.3) is 0 Å². The first-order chi connectivity index (χ1) is 10.7. The Labute approximate surface area is 135 Å². The lowest BCUT2D eigenvalue weighted by molar-refractivity contribution is -0.174. The van der Waals surface area contributed by atoms with E-state index in [1.807, 2.05) is 6.92 Å². The van der Waals surface area contributed by atoms with Crippen molar-refractivity contribution >= 4 is 5.91 Å². The van der Waals surface area contributed by atoms with E-state index in [-0.39, 0.29) is 18.2 Å². The van der Waals surface area contributed by atoms with Gasteiger partial charge in [0.2, 0.25) is 0 Å². The van der Waals surface area contributed by atoms with Gasteiger partial charge in [-0.25, -0.2) is 0 Å². The maximum Gasteiger partial charge on any atom is 0.471 e. The first-order valence-corrected chi connectivity index (χ1v) is 8.42. The highest BCUT2D eigenvalue weighted by molar-refractivity contribution is 5.82. The first kappa shape index (κ1) is 18.5. The lowest BCUT2D eigenvalue weighted by atomic mass is 9.80. The Kier molecular flexibility index (Phi) is 5.94. The van der Waals surface area contributed by atoms with Crippen LogP contribution in [0.2, 0.25) is 0 Å². The molecule has 1 saturated heterocycles. The van der Waals surface area contributed by atoms with Gasteiger partial charge in [-0.1, -0.05) is 13.8 Å². The third-order valence-corrected chi connectivity index (χ3v) is 5.23. The standard InChI is InChI=1S/C16H27F3N2O2/c1-9-4-5-12(6-10(9)2)23-8-14-13(7-11(3)20-14)21-15(22)16(17,18)19/h9-14,20H,4-8H2,1-3H3,(H,21,22)/t9-,10?,11?,12?,13?,14?/m1/s1. The zero-order valence-electron chi connectivity index (χ0n) is 14.0. The summed E-state index contributed by atoms with van der Waals surface area (Å²) >= 11 is 0. The molecular formula is C16H27F3N2O2. The summed E-state index contributed by atoms with van der Waals surface area (Å²) < 4.78 is 43.2. The largest absolute Gasteiger partial charge is 0.471 e. The van der Waals surface area contributed by atoms with Crippen LogP contribution in [0.25, 0.3) is 0 Å². The van der Waals surface area contributed by atoms with Crippen molar-refractivity contribution < 1.29 is 22.7 Å². The van der Waals surface area contributed by atoms with E-state index in [0.29, 0.717) is 24.9 Å². The van der Waals surface area contributed by atoms with Crippen LogP contribution in [-0.4, -0.2) is 42.9 Å². The quantitative estimate of drug-likeness (QED) is 0.830. The predicted molar refractivity (Wildman–Crippen MR) is 80.9 cm³/mol. The van der Waals surface area contributed by atoms with Crippen molar-refractivity contribution in [2.75, 3.05) is 6.61 Å². The van der Waals surface area contributed by atoms with Crippen LogP contribution < -0.4 is 10.6 Å². The molecule has 0 aromatic carbocycles. The zero-order valence-corrected chi connectivity index (χ0v) is 14.0. The highest BCUT2D eigenvalue weighted by Gasteiger charge is 2.43. The van der Waals surface area contributed by atoms with Gasteiger partial charge in [0, 0.05) is 12.1 Å². The average Bonchev–Trinajstić information content (AvgIpc) is 2.79. The van der Waals surface area contributed by atoms with Crippen molar-refractivity contribution in [3.63, 3.8) is 0 Å². The van der Waals surface area contributed by atoms with Gasteiger partial charge in [-0.05, 0) is 44.4 Å². The highest BCUT2D eigenvalue weighted by Crippen LogP contribution is 2.31. The summed E-state index contributed by atoms with van der Waals surface area (Å²) in [5.41, 5.74) is 0. The molecule has 5 unspecified atom stereocenters. The second kappa shape index (κ2) is 7.38. The molecule has 1 heterocycles. The van der Waals surface area contributed by atoms with Crippen molar-refractivity contribution in [3.8, 4) is 0 Å². The molecule has 0 radical (unpaired) electrons. The van der Waals surface area contributed by atoms with E-state index >= 15 is 0 Å². The zero-order chi connectivity index (χ0) is 17.2. The van der Waals surface area contributed by atoms with E-state index in [1.54, 1.807) is 0 Å². The topological polar surface area (TPSA) is 50.4 Å². The number of carbonyl (C=O) groups excluding carboxylic acids is 1. The van der Waals surface area contributed by atoms with Gasteiger partial charge in [-0.2, -0.15) is 13.2 Å². The minimum atomic E-state index is -4.84. The van der Waals surface area contributed by atoms with Gasteiger partial charge in [0.15, 0.2) is 0 Å². The number of carbonyl (C=O) groups is 1. The second-order valence-corrected chi connectivity index (χ2v) is 7.21. The maximum atomic E-state index is 12.4. The van der Waals surface area contributed by atoms with Crippen LogP contribution in [0.1, 0.15) is 46.5 Å². The number of amides is 1. The number of nitrogens with one attached hydrogen (secondary N) is 2. The normalized spacial score (nSPS) is 38.5. The fourth-order valence-corrected chi connectivity index (χ4v) is 3.56. The van der Waals surface area contributed by atoms with Gasteiger partial charge in [0.1, 0.15) is 0 Å². The smallest absolute Gasteiger partial charge is 0.377 e. The second-order valence-electron chi connectivity index (χ2n) is 7.21. The molecule has 2 rings (SSSR count). The van der Waals surface area contributed by atoms with Crippen molar-refractivity contribution in [3.05, 3.63) is 0 Å². The Morgan fingerprint density at radius 1 is 1.17 bits per heavy atom. The predicted octanol–water partition coefficient (Wildman–Crippen LogP) is 2.63. The van der Waals surface area contributed by atoms with Crippen LogP contribution in [0.4, 0.5) is 13.2 Å². The third-order valence-electron chi connectivity index (χ3n) is 5.23. The van der Waals surface area contributed by atoms with E-state index in [2.05, 4.69) is 24.5 Å². The molecule has 0 bridgehead atoms. The van der Waals surface area contributed by atoms with Crippen LogP contribution in [0.15, 0.2) is 0 Å². The van der Waals surface area contributed by atoms with E-state index in [9.17, 15) is 18.0 Å². The molecule has 0 spiro atoms. The molecule has 1 aliphatic heterocycles. The van der Waals surface area contributed by atoms with E-state index in [4.69, 9.17) is 4.74 Å². The van der Waals surface area contributed by atoms with Crippen molar-refractivity contribution in [1.29, 1.82) is 0 Å². The minimum absolute atomic E-state index is 0.0624. The summed E-state index contributed by atoms with van der Waals surface area (Å²) in [6, 6.07) is -0.752. The summed E-state index contributed by atoms with van der Waals surface area (Å²) in [5, 5.41) is 5.31. The highest BCUT2D eigenvalue weighted by atomic mass is 19.4. The molecule has 2 aliphatic rings. The summed E-state index contributed by atoms with van der Waals surface area (Å²) in [7, 11) is 0. The molecule has 1 saturated carbocycles. The molecule has 4 nitrogen and oxygen atoms in total. The number of rotatable bonds is 4. The molecular weight excluding hydrogens is 309 g/mol.